The van der Waals surface area contributed by atoms with E-state index in [9.17, 15) is 4.79 Å². The summed E-state index contributed by atoms with van der Waals surface area (Å²) in [4.78, 5) is 31.4. The predicted molar refractivity (Wildman–Crippen MR) is 76.5 cm³/mol. The van der Waals surface area contributed by atoms with Gasteiger partial charge < -0.3 is 34.2 Å². The van der Waals surface area contributed by atoms with Crippen LogP contribution in [0.1, 0.15) is 16.8 Å². The van der Waals surface area contributed by atoms with Gasteiger partial charge in [-0.25, -0.2) is 4.79 Å². The number of carboxylic acid groups (broad SMARTS) is 2. The number of hydrogen-bond acceptors (Lipinski definition) is 8. The second-order valence-electron chi connectivity index (χ2n) is 4.57. The molecule has 0 N–H and O–H groups in total. The number of rotatable bonds is 6. The van der Waals surface area contributed by atoms with Crippen molar-refractivity contribution in [2.24, 2.45) is 0 Å². The second-order valence-corrected chi connectivity index (χ2v) is 4.57. The molecule has 0 aliphatic heterocycles. The topological polar surface area (TPSA) is 119 Å². The highest BCUT2D eigenvalue weighted by atomic mass is 16.5. The van der Waals surface area contributed by atoms with Gasteiger partial charge in [-0.15, -0.1) is 0 Å². The van der Waals surface area contributed by atoms with Gasteiger partial charge in [0.25, 0.3) is 0 Å². The van der Waals surface area contributed by atoms with Gasteiger partial charge in [-0.1, -0.05) is 12.1 Å². The van der Waals surface area contributed by atoms with E-state index in [1.54, 1.807) is 18.2 Å². The third-order valence-corrected chi connectivity index (χ3v) is 2.47. The number of esters is 1. The molecular formula is C15H19NO7-2. The van der Waals surface area contributed by atoms with Gasteiger partial charge in [0.1, 0.15) is 11.3 Å². The number of hydrogen-bond donors (Lipinski definition) is 0. The molecule has 8 nitrogen and oxygen atoms in total. The fourth-order valence-electron chi connectivity index (χ4n) is 1.43. The molecule has 0 spiro atoms. The van der Waals surface area contributed by atoms with E-state index in [1.165, 1.54) is 7.11 Å². The third-order valence-electron chi connectivity index (χ3n) is 2.47. The van der Waals surface area contributed by atoms with E-state index in [2.05, 4.69) is 4.90 Å². The molecule has 1 aromatic carbocycles. The second kappa shape index (κ2) is 11.0. The smallest absolute Gasteiger partial charge is 0.341 e. The average molecular weight is 325 g/mol. The number of aliphatic carboxylic acids is 2. The van der Waals surface area contributed by atoms with Gasteiger partial charge in [-0.05, 0) is 32.6 Å². The lowest BCUT2D eigenvalue weighted by Gasteiger charge is -2.12. The number of methoxy groups -OCH3 is 1. The SMILES string of the molecule is COC(=O)c1ccccc1OCCCN(C)C.O=C([O-])C(=O)[O-]. The molecule has 1 rings (SSSR count). The Morgan fingerprint density at radius 1 is 1.09 bits per heavy atom. The van der Waals surface area contributed by atoms with Gasteiger partial charge in [0.2, 0.25) is 0 Å². The predicted octanol–water partition coefficient (Wildman–Crippen LogP) is -1.71. The number of carbonyl (C=O) groups is 3. The highest BCUT2D eigenvalue weighted by molar-refractivity contribution is 6.25. The van der Waals surface area contributed by atoms with Gasteiger partial charge in [-0.2, -0.15) is 0 Å². The van der Waals surface area contributed by atoms with Gasteiger partial charge in [0.05, 0.1) is 25.7 Å². The van der Waals surface area contributed by atoms with E-state index < -0.39 is 11.9 Å². The van der Waals surface area contributed by atoms with E-state index in [0.29, 0.717) is 17.9 Å². The van der Waals surface area contributed by atoms with Crippen molar-refractivity contribution in [3.8, 4) is 5.75 Å². The minimum atomic E-state index is -2.19. The standard InChI is InChI=1S/C13H19NO3.C2H2O4/c1-14(2)9-6-10-17-12-8-5-4-7-11(12)13(15)16-3;3-1(4)2(5)6/h4-5,7-8H,6,9-10H2,1-3H3;(H,3,4)(H,5,6)/p-2. The quantitative estimate of drug-likeness (QED) is 0.344. The van der Waals surface area contributed by atoms with E-state index in [4.69, 9.17) is 29.3 Å². The lowest BCUT2D eigenvalue weighted by molar-refractivity contribution is -0.345. The lowest BCUT2D eigenvalue weighted by atomic mass is 10.2. The highest BCUT2D eigenvalue weighted by Gasteiger charge is 2.11. The van der Waals surface area contributed by atoms with Crippen LogP contribution < -0.4 is 14.9 Å². The Balaban J connectivity index is 0.000000688. The van der Waals surface area contributed by atoms with Crippen LogP contribution in [0.5, 0.6) is 5.75 Å². The van der Waals surface area contributed by atoms with Gasteiger partial charge in [0.15, 0.2) is 0 Å². The van der Waals surface area contributed by atoms with Crippen molar-refractivity contribution in [3.63, 3.8) is 0 Å². The Bertz CT molecular complexity index is 516. The molecule has 0 aliphatic carbocycles. The van der Waals surface area contributed by atoms with Crippen molar-refractivity contribution >= 4 is 17.9 Å². The first-order valence-corrected chi connectivity index (χ1v) is 6.66. The monoisotopic (exact) mass is 325 g/mol. The van der Waals surface area contributed by atoms with Crippen molar-refractivity contribution < 1.29 is 34.1 Å². The number of ether oxygens (including phenoxy) is 2. The number of benzene rings is 1. The van der Waals surface area contributed by atoms with E-state index in [1.807, 2.05) is 20.2 Å². The first kappa shape index (κ1) is 20.4. The summed E-state index contributed by atoms with van der Waals surface area (Å²) in [5, 5.41) is 17.9. The Morgan fingerprint density at radius 2 is 1.65 bits per heavy atom. The maximum Gasteiger partial charge on any atom is 0.341 e. The zero-order valence-corrected chi connectivity index (χ0v) is 13.2. The van der Waals surface area contributed by atoms with Crippen molar-refractivity contribution in [1.82, 2.24) is 4.90 Å². The number of carbonyl (C=O) groups excluding carboxylic acids is 3. The van der Waals surface area contributed by atoms with E-state index in [-0.39, 0.29) is 5.97 Å². The molecule has 23 heavy (non-hydrogen) atoms. The minimum Gasteiger partial charge on any atom is -0.543 e. The normalized spacial score (nSPS) is 9.57. The summed E-state index contributed by atoms with van der Waals surface area (Å²) < 4.78 is 10.3. The fraction of sp³-hybridized carbons (Fsp3) is 0.400. The van der Waals surface area contributed by atoms with Gasteiger partial charge >= 0.3 is 5.97 Å². The number of para-hydroxylation sites is 1. The summed E-state index contributed by atoms with van der Waals surface area (Å²) in [6.45, 7) is 1.55. The van der Waals surface area contributed by atoms with Crippen LogP contribution in [0, 0.1) is 0 Å². The molecule has 0 saturated carbocycles. The zero-order chi connectivity index (χ0) is 17.8. The summed E-state index contributed by atoms with van der Waals surface area (Å²) in [7, 11) is 5.40. The lowest BCUT2D eigenvalue weighted by Crippen LogP contribution is -2.42. The van der Waals surface area contributed by atoms with Crippen LogP contribution in [0.2, 0.25) is 0 Å². The molecule has 0 radical (unpaired) electrons. The summed E-state index contributed by atoms with van der Waals surface area (Å²) in [5.74, 6) is -4.16. The first-order valence-electron chi connectivity index (χ1n) is 6.66. The largest absolute Gasteiger partial charge is 0.543 e. The van der Waals surface area contributed by atoms with Crippen LogP contribution in [0.25, 0.3) is 0 Å². The molecule has 1 aromatic rings. The first-order chi connectivity index (χ1) is 10.8. The molecular weight excluding hydrogens is 306 g/mol. The van der Waals surface area contributed by atoms with Crippen molar-refractivity contribution in [2.45, 2.75) is 6.42 Å². The van der Waals surface area contributed by atoms with Crippen molar-refractivity contribution in [3.05, 3.63) is 29.8 Å². The average Bonchev–Trinajstić information content (AvgIpc) is 2.51. The van der Waals surface area contributed by atoms with Crippen LogP contribution >= 0.6 is 0 Å². The molecule has 0 bridgehead atoms. The molecule has 0 heterocycles. The summed E-state index contributed by atoms with van der Waals surface area (Å²) >= 11 is 0. The Hall–Kier alpha value is -2.61. The van der Waals surface area contributed by atoms with Crippen LogP contribution in [0.3, 0.4) is 0 Å². The molecule has 0 aliphatic rings. The molecule has 0 fully saturated rings. The molecule has 0 amide bonds. The minimum absolute atomic E-state index is 0.367. The molecule has 128 valence electrons. The van der Waals surface area contributed by atoms with Crippen LogP contribution in [-0.4, -0.2) is 57.2 Å². The van der Waals surface area contributed by atoms with Crippen molar-refractivity contribution in [1.29, 1.82) is 0 Å². The van der Waals surface area contributed by atoms with Crippen molar-refractivity contribution in [2.75, 3.05) is 34.4 Å². The van der Waals surface area contributed by atoms with Crippen LogP contribution in [-0.2, 0) is 14.3 Å². The number of carboxylic acids is 2. The Morgan fingerprint density at radius 3 is 2.13 bits per heavy atom. The van der Waals surface area contributed by atoms with Gasteiger partial charge in [0, 0.05) is 6.54 Å². The number of nitrogens with zero attached hydrogens (tertiary/aromatic N) is 1. The molecule has 0 aromatic heterocycles. The summed E-state index contributed by atoms with van der Waals surface area (Å²) in [6, 6.07) is 7.11. The molecule has 0 unspecified atom stereocenters. The third kappa shape index (κ3) is 9.10. The van der Waals surface area contributed by atoms with E-state index >= 15 is 0 Å². The molecule has 0 atom stereocenters. The van der Waals surface area contributed by atoms with Crippen LogP contribution in [0.15, 0.2) is 24.3 Å². The highest BCUT2D eigenvalue weighted by Crippen LogP contribution is 2.18. The van der Waals surface area contributed by atoms with Gasteiger partial charge in [-0.3, -0.25) is 0 Å². The maximum absolute atomic E-state index is 11.5. The Labute approximate surface area is 134 Å². The summed E-state index contributed by atoms with van der Waals surface area (Å²) in [6.07, 6.45) is 0.919. The maximum atomic E-state index is 11.5. The zero-order valence-electron chi connectivity index (χ0n) is 13.2. The van der Waals surface area contributed by atoms with E-state index in [0.717, 1.165) is 13.0 Å². The fourth-order valence-corrected chi connectivity index (χ4v) is 1.43. The molecule has 8 heteroatoms. The molecule has 0 saturated heterocycles. The summed E-state index contributed by atoms with van der Waals surface area (Å²) in [5.41, 5.74) is 0.472. The Kier molecular flexibility index (Phi) is 9.77. The van der Waals surface area contributed by atoms with Crippen LogP contribution in [0.4, 0.5) is 0 Å².